The van der Waals surface area contributed by atoms with Crippen LogP contribution < -0.4 is 4.74 Å². The van der Waals surface area contributed by atoms with Crippen molar-refractivity contribution < 1.29 is 14.3 Å². The number of aldehydes is 1. The number of methoxy groups -OCH3 is 1. The summed E-state index contributed by atoms with van der Waals surface area (Å²) in [7, 11) is 1.45. The molecule has 0 atom stereocenters. The Morgan fingerprint density at radius 2 is 2.23 bits per heavy atom. The Labute approximate surface area is 83.8 Å². The number of hydrogen-bond acceptors (Lipinski definition) is 3. The molecule has 0 aromatic heterocycles. The molecule has 1 aromatic carbocycles. The third kappa shape index (κ3) is 2.15. The van der Waals surface area contributed by atoms with Crippen LogP contribution in [-0.2, 0) is 4.79 Å². The fraction of sp³-hybridized carbons (Fsp3) is 0.111. The molecule has 0 amide bonds. The van der Waals surface area contributed by atoms with Crippen LogP contribution in [0.2, 0.25) is 0 Å². The van der Waals surface area contributed by atoms with E-state index in [9.17, 15) is 9.59 Å². The molecule has 0 spiro atoms. The van der Waals surface area contributed by atoms with Crippen LogP contribution in [0.15, 0.2) is 22.7 Å². The Balaban J connectivity index is 3.20. The molecule has 0 saturated heterocycles. The molecule has 0 bridgehead atoms. The SMILES string of the molecule is COc1cc(Br)ccc1C(=O)C=O. The predicted octanol–water partition coefficient (Wildman–Crippen LogP) is 1.84. The van der Waals surface area contributed by atoms with E-state index in [1.165, 1.54) is 7.11 Å². The van der Waals surface area contributed by atoms with Crippen molar-refractivity contribution in [3.8, 4) is 5.75 Å². The van der Waals surface area contributed by atoms with Crippen molar-refractivity contribution in [1.29, 1.82) is 0 Å². The lowest BCUT2D eigenvalue weighted by Gasteiger charge is -2.04. The first-order chi connectivity index (χ1) is 6.19. The largest absolute Gasteiger partial charge is 0.496 e. The molecule has 68 valence electrons. The maximum absolute atomic E-state index is 11.0. The monoisotopic (exact) mass is 242 g/mol. The van der Waals surface area contributed by atoms with Crippen LogP contribution in [0.5, 0.6) is 5.75 Å². The van der Waals surface area contributed by atoms with Gasteiger partial charge in [-0.3, -0.25) is 9.59 Å². The highest BCUT2D eigenvalue weighted by molar-refractivity contribution is 9.10. The number of rotatable bonds is 3. The highest BCUT2D eigenvalue weighted by atomic mass is 79.9. The van der Waals surface area contributed by atoms with Gasteiger partial charge in [0, 0.05) is 4.47 Å². The molecular formula is C9H7BrO3. The van der Waals surface area contributed by atoms with Gasteiger partial charge in [-0.2, -0.15) is 0 Å². The molecular weight excluding hydrogens is 236 g/mol. The van der Waals surface area contributed by atoms with Crippen LogP contribution in [0, 0.1) is 0 Å². The molecule has 1 aromatic rings. The number of benzene rings is 1. The Kier molecular flexibility index (Phi) is 3.19. The third-order valence-electron chi connectivity index (χ3n) is 1.54. The molecule has 0 saturated carbocycles. The Morgan fingerprint density at radius 3 is 2.77 bits per heavy atom. The zero-order chi connectivity index (χ0) is 9.84. The molecule has 0 heterocycles. The lowest BCUT2D eigenvalue weighted by Crippen LogP contribution is -2.02. The molecule has 0 unspecified atom stereocenters. The summed E-state index contributed by atoms with van der Waals surface area (Å²) >= 11 is 3.23. The van der Waals surface area contributed by atoms with Gasteiger partial charge in [0.2, 0.25) is 5.78 Å². The molecule has 0 fully saturated rings. The fourth-order valence-corrected chi connectivity index (χ4v) is 1.27. The van der Waals surface area contributed by atoms with Crippen molar-refractivity contribution in [3.05, 3.63) is 28.2 Å². The van der Waals surface area contributed by atoms with Crippen LogP contribution >= 0.6 is 15.9 Å². The van der Waals surface area contributed by atoms with Gasteiger partial charge in [0.1, 0.15) is 5.75 Å². The predicted molar refractivity (Wildman–Crippen MR) is 51.1 cm³/mol. The second-order valence-corrected chi connectivity index (χ2v) is 3.24. The number of carbonyl (C=O) groups excluding carboxylic acids is 2. The minimum atomic E-state index is -0.579. The first kappa shape index (κ1) is 9.92. The summed E-state index contributed by atoms with van der Waals surface area (Å²) in [5.41, 5.74) is 0.278. The molecule has 3 nitrogen and oxygen atoms in total. The number of Topliss-reactive ketones (excluding diaryl/α,β-unsaturated/α-hetero) is 1. The van der Waals surface area contributed by atoms with Gasteiger partial charge in [0.25, 0.3) is 0 Å². The van der Waals surface area contributed by atoms with Gasteiger partial charge in [-0.25, -0.2) is 0 Å². The van der Waals surface area contributed by atoms with Crippen molar-refractivity contribution in [1.82, 2.24) is 0 Å². The van der Waals surface area contributed by atoms with Crippen LogP contribution in [0.3, 0.4) is 0 Å². The highest BCUT2D eigenvalue weighted by Gasteiger charge is 2.10. The van der Waals surface area contributed by atoms with Crippen molar-refractivity contribution in [2.45, 2.75) is 0 Å². The Bertz CT molecular complexity index is 347. The van der Waals surface area contributed by atoms with Gasteiger partial charge in [-0.1, -0.05) is 15.9 Å². The Hall–Kier alpha value is -1.16. The summed E-state index contributed by atoms with van der Waals surface area (Å²) in [6, 6.07) is 4.86. The van der Waals surface area contributed by atoms with E-state index in [0.717, 1.165) is 4.47 Å². The number of ether oxygens (including phenoxy) is 1. The van der Waals surface area contributed by atoms with Crippen LogP contribution in [-0.4, -0.2) is 19.2 Å². The van der Waals surface area contributed by atoms with Crippen molar-refractivity contribution >= 4 is 28.0 Å². The van der Waals surface area contributed by atoms with Crippen molar-refractivity contribution in [3.63, 3.8) is 0 Å². The highest BCUT2D eigenvalue weighted by Crippen LogP contribution is 2.23. The number of hydrogen-bond donors (Lipinski definition) is 0. The zero-order valence-corrected chi connectivity index (χ0v) is 8.50. The smallest absolute Gasteiger partial charge is 0.229 e. The van der Waals surface area contributed by atoms with Crippen molar-refractivity contribution in [2.75, 3.05) is 7.11 Å². The number of ketones is 1. The van der Waals surface area contributed by atoms with Crippen LogP contribution in [0.1, 0.15) is 10.4 Å². The minimum Gasteiger partial charge on any atom is -0.496 e. The molecule has 0 aliphatic heterocycles. The van der Waals surface area contributed by atoms with Gasteiger partial charge in [-0.15, -0.1) is 0 Å². The molecule has 13 heavy (non-hydrogen) atoms. The maximum atomic E-state index is 11.0. The molecule has 4 heteroatoms. The standard InChI is InChI=1S/C9H7BrO3/c1-13-9-4-6(10)2-3-7(9)8(12)5-11/h2-5H,1H3. The molecule has 0 aliphatic rings. The normalized spacial score (nSPS) is 9.38. The van der Waals surface area contributed by atoms with E-state index in [4.69, 9.17) is 4.74 Å². The topological polar surface area (TPSA) is 43.4 Å². The summed E-state index contributed by atoms with van der Waals surface area (Å²) in [5.74, 6) is -0.184. The van der Waals surface area contributed by atoms with E-state index < -0.39 is 5.78 Å². The minimum absolute atomic E-state index is 0.270. The van der Waals surface area contributed by atoms with Crippen LogP contribution in [0.25, 0.3) is 0 Å². The lowest BCUT2D eigenvalue weighted by atomic mass is 10.1. The summed E-state index contributed by atoms with van der Waals surface area (Å²) in [6.45, 7) is 0. The average molecular weight is 243 g/mol. The zero-order valence-electron chi connectivity index (χ0n) is 6.91. The van der Waals surface area contributed by atoms with Crippen molar-refractivity contribution in [2.24, 2.45) is 0 Å². The summed E-state index contributed by atoms with van der Waals surface area (Å²) in [6.07, 6.45) is 0.270. The van der Waals surface area contributed by atoms with E-state index >= 15 is 0 Å². The molecule has 0 aliphatic carbocycles. The number of carbonyl (C=O) groups is 2. The third-order valence-corrected chi connectivity index (χ3v) is 2.03. The summed E-state index contributed by atoms with van der Waals surface area (Å²) < 4.78 is 5.74. The van der Waals surface area contributed by atoms with E-state index in [2.05, 4.69) is 15.9 Å². The molecule has 1 rings (SSSR count). The maximum Gasteiger partial charge on any atom is 0.229 e. The quantitative estimate of drug-likeness (QED) is 0.462. The van der Waals surface area contributed by atoms with Gasteiger partial charge in [0.05, 0.1) is 12.7 Å². The summed E-state index contributed by atoms with van der Waals surface area (Å²) in [5, 5.41) is 0. The van der Waals surface area contributed by atoms with E-state index in [1.54, 1.807) is 18.2 Å². The van der Waals surface area contributed by atoms with Gasteiger partial charge in [-0.05, 0) is 18.2 Å². The number of halogens is 1. The second kappa shape index (κ2) is 4.18. The van der Waals surface area contributed by atoms with Gasteiger partial charge in [0.15, 0.2) is 6.29 Å². The average Bonchev–Trinajstić information content (AvgIpc) is 2.16. The molecule has 0 radical (unpaired) electrons. The lowest BCUT2D eigenvalue weighted by molar-refractivity contribution is -0.104. The van der Waals surface area contributed by atoms with E-state index in [0.29, 0.717) is 5.75 Å². The van der Waals surface area contributed by atoms with E-state index in [-0.39, 0.29) is 11.8 Å². The van der Waals surface area contributed by atoms with E-state index in [1.807, 2.05) is 0 Å². The molecule has 0 N–H and O–H groups in total. The first-order valence-corrected chi connectivity index (χ1v) is 4.31. The second-order valence-electron chi connectivity index (χ2n) is 2.33. The Morgan fingerprint density at radius 1 is 1.54 bits per heavy atom. The summed E-state index contributed by atoms with van der Waals surface area (Å²) in [4.78, 5) is 21.3. The van der Waals surface area contributed by atoms with Crippen LogP contribution in [0.4, 0.5) is 0 Å². The fourth-order valence-electron chi connectivity index (χ4n) is 0.932. The van der Waals surface area contributed by atoms with Gasteiger partial charge < -0.3 is 4.74 Å². The first-order valence-electron chi connectivity index (χ1n) is 3.52. The van der Waals surface area contributed by atoms with Gasteiger partial charge >= 0.3 is 0 Å².